The Morgan fingerprint density at radius 1 is 1.12 bits per heavy atom. The van der Waals surface area contributed by atoms with Gasteiger partial charge in [-0.25, -0.2) is 0 Å². The molecule has 2 atom stereocenters. The number of hydrogen-bond donors (Lipinski definition) is 2. The Hall–Kier alpha value is -2.38. The highest BCUT2D eigenvalue weighted by molar-refractivity contribution is 5.65. The largest absolute Gasteiger partial charge is 0.369 e. The Morgan fingerprint density at radius 3 is 2.67 bits per heavy atom. The number of hydrogen-bond acceptors (Lipinski definition) is 4. The van der Waals surface area contributed by atoms with Crippen LogP contribution in [-0.4, -0.2) is 12.4 Å². The monoisotopic (exact) mass is 318 g/mol. The van der Waals surface area contributed by atoms with Crippen molar-refractivity contribution < 1.29 is 0 Å². The highest BCUT2D eigenvalue weighted by Gasteiger charge is 2.33. The average molecular weight is 318 g/mol. The molecular weight excluding hydrogens is 296 g/mol. The van der Waals surface area contributed by atoms with E-state index in [4.69, 9.17) is 5.26 Å². The minimum Gasteiger partial charge on any atom is -0.369 e. The standard InChI is InChI=1S/C20H22N4/c21-13-14-5-7-15(8-6-14)19-17-9-11-22-12-10-18(17)23-20(24-19)16-3-1-2-4-16/h5-8,10-12,16,19-20,23-24H,1-4,9H2. The van der Waals surface area contributed by atoms with Crippen molar-refractivity contribution in [2.75, 3.05) is 0 Å². The van der Waals surface area contributed by atoms with Gasteiger partial charge >= 0.3 is 0 Å². The molecule has 1 aromatic carbocycles. The second-order valence-corrected chi connectivity index (χ2v) is 6.79. The van der Waals surface area contributed by atoms with Crippen LogP contribution in [0.1, 0.15) is 49.3 Å². The van der Waals surface area contributed by atoms with Crippen LogP contribution in [0.4, 0.5) is 0 Å². The summed E-state index contributed by atoms with van der Waals surface area (Å²) in [7, 11) is 0. The second kappa shape index (κ2) is 6.62. The van der Waals surface area contributed by atoms with Gasteiger partial charge in [-0.15, -0.1) is 0 Å². The fourth-order valence-electron chi connectivity index (χ4n) is 4.04. The second-order valence-electron chi connectivity index (χ2n) is 6.79. The highest BCUT2D eigenvalue weighted by Crippen LogP contribution is 2.35. The molecule has 2 aliphatic heterocycles. The lowest BCUT2D eigenvalue weighted by molar-refractivity contribution is 0.286. The Morgan fingerprint density at radius 2 is 1.92 bits per heavy atom. The van der Waals surface area contributed by atoms with Gasteiger partial charge in [0.1, 0.15) is 0 Å². The number of nitriles is 1. The fraction of sp³-hybridized carbons (Fsp3) is 0.400. The molecule has 4 rings (SSSR count). The number of benzene rings is 1. The quantitative estimate of drug-likeness (QED) is 0.876. The van der Waals surface area contributed by atoms with Crippen LogP contribution < -0.4 is 10.6 Å². The first-order valence-electron chi connectivity index (χ1n) is 8.79. The van der Waals surface area contributed by atoms with E-state index in [0.717, 1.165) is 6.42 Å². The fourth-order valence-corrected chi connectivity index (χ4v) is 4.04. The molecule has 0 radical (unpaired) electrons. The van der Waals surface area contributed by atoms with E-state index in [2.05, 4.69) is 39.9 Å². The predicted octanol–water partition coefficient (Wildman–Crippen LogP) is 3.55. The molecule has 0 aromatic heterocycles. The van der Waals surface area contributed by atoms with Crippen molar-refractivity contribution in [2.24, 2.45) is 10.9 Å². The SMILES string of the molecule is N#Cc1ccc(C2NC(C3CCCC3)NC3=C2CC=NC=C3)cc1. The first-order valence-corrected chi connectivity index (χ1v) is 8.79. The van der Waals surface area contributed by atoms with E-state index in [0.29, 0.717) is 17.6 Å². The van der Waals surface area contributed by atoms with Gasteiger partial charge in [0.25, 0.3) is 0 Å². The first-order chi connectivity index (χ1) is 11.8. The topological polar surface area (TPSA) is 60.2 Å². The van der Waals surface area contributed by atoms with E-state index in [9.17, 15) is 0 Å². The number of aliphatic imine (C=N–C) groups is 1. The maximum Gasteiger partial charge on any atom is 0.0991 e. The number of nitrogens with one attached hydrogen (secondary N) is 2. The molecule has 3 aliphatic rings. The van der Waals surface area contributed by atoms with Crippen LogP contribution in [0.15, 0.2) is 52.8 Å². The first kappa shape index (κ1) is 15.2. The predicted molar refractivity (Wildman–Crippen MR) is 95.2 cm³/mol. The molecule has 1 saturated carbocycles. The van der Waals surface area contributed by atoms with E-state index in [1.807, 2.05) is 24.5 Å². The molecule has 24 heavy (non-hydrogen) atoms. The van der Waals surface area contributed by atoms with Crippen LogP contribution >= 0.6 is 0 Å². The molecule has 2 heterocycles. The molecule has 2 N–H and O–H groups in total. The van der Waals surface area contributed by atoms with Crippen LogP contribution in [0, 0.1) is 17.2 Å². The summed E-state index contributed by atoms with van der Waals surface area (Å²) in [6.07, 6.45) is 12.3. The Labute approximate surface area is 143 Å². The zero-order chi connectivity index (χ0) is 16.4. The lowest BCUT2D eigenvalue weighted by Crippen LogP contribution is -2.52. The molecule has 0 amide bonds. The Balaban J connectivity index is 1.69. The minimum absolute atomic E-state index is 0.175. The maximum absolute atomic E-state index is 9.04. The van der Waals surface area contributed by atoms with Crippen molar-refractivity contribution in [3.8, 4) is 6.07 Å². The summed E-state index contributed by atoms with van der Waals surface area (Å²) < 4.78 is 0. The summed E-state index contributed by atoms with van der Waals surface area (Å²) >= 11 is 0. The summed E-state index contributed by atoms with van der Waals surface area (Å²) in [6, 6.07) is 10.3. The van der Waals surface area contributed by atoms with Crippen molar-refractivity contribution >= 4 is 6.21 Å². The van der Waals surface area contributed by atoms with Gasteiger partial charge in [-0.1, -0.05) is 25.0 Å². The third kappa shape index (κ3) is 2.88. The van der Waals surface area contributed by atoms with Gasteiger partial charge in [-0.3, -0.25) is 10.3 Å². The maximum atomic E-state index is 9.04. The lowest BCUT2D eigenvalue weighted by atomic mass is 9.89. The van der Waals surface area contributed by atoms with E-state index in [1.54, 1.807) is 0 Å². The smallest absolute Gasteiger partial charge is 0.0991 e. The summed E-state index contributed by atoms with van der Waals surface area (Å²) in [5.41, 5.74) is 4.45. The Bertz CT molecular complexity index is 730. The van der Waals surface area contributed by atoms with Crippen molar-refractivity contribution in [3.05, 3.63) is 58.9 Å². The summed E-state index contributed by atoms with van der Waals surface area (Å²) in [5, 5.41) is 16.6. The number of rotatable bonds is 2. The third-order valence-electron chi connectivity index (χ3n) is 5.34. The summed E-state index contributed by atoms with van der Waals surface area (Å²) in [6.45, 7) is 0. The molecule has 4 heteroatoms. The van der Waals surface area contributed by atoms with Gasteiger partial charge in [-0.2, -0.15) is 5.26 Å². The molecule has 2 unspecified atom stereocenters. The molecule has 0 saturated heterocycles. The average Bonchev–Trinajstić information content (AvgIpc) is 3.06. The third-order valence-corrected chi connectivity index (χ3v) is 5.34. The van der Waals surface area contributed by atoms with Gasteiger partial charge < -0.3 is 5.32 Å². The lowest BCUT2D eigenvalue weighted by Gasteiger charge is -2.38. The van der Waals surface area contributed by atoms with Gasteiger partial charge in [0.2, 0.25) is 0 Å². The van der Waals surface area contributed by atoms with E-state index < -0.39 is 0 Å². The van der Waals surface area contributed by atoms with Crippen LogP contribution in [-0.2, 0) is 0 Å². The van der Waals surface area contributed by atoms with Crippen LogP contribution in [0.25, 0.3) is 0 Å². The molecule has 122 valence electrons. The number of nitrogens with zero attached hydrogens (tertiary/aromatic N) is 2. The van der Waals surface area contributed by atoms with Crippen LogP contribution in [0.3, 0.4) is 0 Å². The van der Waals surface area contributed by atoms with Crippen molar-refractivity contribution in [3.63, 3.8) is 0 Å². The van der Waals surface area contributed by atoms with Gasteiger partial charge in [-0.05, 0) is 48.1 Å². The van der Waals surface area contributed by atoms with E-state index in [-0.39, 0.29) is 6.04 Å². The molecule has 1 aliphatic carbocycles. The van der Waals surface area contributed by atoms with Crippen molar-refractivity contribution in [1.82, 2.24) is 10.6 Å². The summed E-state index contributed by atoms with van der Waals surface area (Å²) in [4.78, 5) is 4.31. The highest BCUT2D eigenvalue weighted by atomic mass is 15.2. The molecule has 1 fully saturated rings. The normalized spacial score (nSPS) is 26.6. The summed E-state index contributed by atoms with van der Waals surface area (Å²) in [5.74, 6) is 0.678. The molecule has 0 bridgehead atoms. The van der Waals surface area contributed by atoms with Gasteiger partial charge in [0.15, 0.2) is 0 Å². The zero-order valence-corrected chi connectivity index (χ0v) is 13.7. The molecular formula is C20H22N4. The van der Waals surface area contributed by atoms with Crippen molar-refractivity contribution in [2.45, 2.75) is 44.3 Å². The zero-order valence-electron chi connectivity index (χ0n) is 13.7. The van der Waals surface area contributed by atoms with E-state index >= 15 is 0 Å². The minimum atomic E-state index is 0.175. The number of allylic oxidation sites excluding steroid dienone is 1. The van der Waals surface area contributed by atoms with Gasteiger partial charge in [0, 0.05) is 24.5 Å². The van der Waals surface area contributed by atoms with Crippen LogP contribution in [0.5, 0.6) is 0 Å². The van der Waals surface area contributed by atoms with E-state index in [1.165, 1.54) is 42.5 Å². The molecule has 1 aromatic rings. The van der Waals surface area contributed by atoms with Gasteiger partial charge in [0.05, 0.1) is 23.8 Å². The Kier molecular flexibility index (Phi) is 4.18. The van der Waals surface area contributed by atoms with Crippen LogP contribution in [0.2, 0.25) is 0 Å². The molecule has 0 spiro atoms. The van der Waals surface area contributed by atoms with Crippen molar-refractivity contribution in [1.29, 1.82) is 5.26 Å². The molecule has 4 nitrogen and oxygen atoms in total.